The standard InChI is InChI=1S/C13H11Cl2N3O/c14-8-4-2-5-9(15)12(8)18-10-6-1-3-7(11(10)16)13(17)19/h1-6,18H,16H2,(H2,17,19). The van der Waals surface area contributed by atoms with E-state index in [1.54, 1.807) is 36.4 Å². The maximum absolute atomic E-state index is 11.2. The van der Waals surface area contributed by atoms with Gasteiger partial charge in [-0.3, -0.25) is 4.79 Å². The van der Waals surface area contributed by atoms with Crippen molar-refractivity contribution in [3.05, 3.63) is 52.0 Å². The lowest BCUT2D eigenvalue weighted by Crippen LogP contribution is -2.14. The second-order valence-electron chi connectivity index (χ2n) is 3.85. The third-order valence-electron chi connectivity index (χ3n) is 2.59. The summed E-state index contributed by atoms with van der Waals surface area (Å²) in [4.78, 5) is 11.2. The van der Waals surface area contributed by atoms with Gasteiger partial charge in [-0.2, -0.15) is 0 Å². The molecule has 0 aliphatic heterocycles. The summed E-state index contributed by atoms with van der Waals surface area (Å²) in [6, 6.07) is 10.1. The minimum absolute atomic E-state index is 0.244. The molecule has 0 atom stereocenters. The number of halogens is 2. The average molecular weight is 296 g/mol. The topological polar surface area (TPSA) is 81.1 Å². The van der Waals surface area contributed by atoms with Gasteiger partial charge in [0.05, 0.1) is 32.7 Å². The van der Waals surface area contributed by atoms with Gasteiger partial charge < -0.3 is 16.8 Å². The van der Waals surface area contributed by atoms with Crippen molar-refractivity contribution >= 4 is 46.2 Å². The van der Waals surface area contributed by atoms with E-state index in [9.17, 15) is 4.79 Å². The van der Waals surface area contributed by atoms with Crippen molar-refractivity contribution < 1.29 is 4.79 Å². The highest BCUT2D eigenvalue weighted by Gasteiger charge is 2.12. The van der Waals surface area contributed by atoms with E-state index in [0.29, 0.717) is 21.4 Å². The molecule has 0 saturated heterocycles. The van der Waals surface area contributed by atoms with E-state index in [4.69, 9.17) is 34.7 Å². The highest BCUT2D eigenvalue weighted by atomic mass is 35.5. The molecule has 0 spiro atoms. The number of nitrogen functional groups attached to an aromatic ring is 1. The average Bonchev–Trinajstić information content (AvgIpc) is 2.35. The number of para-hydroxylation sites is 2. The third-order valence-corrected chi connectivity index (χ3v) is 3.22. The van der Waals surface area contributed by atoms with Gasteiger partial charge in [-0.1, -0.05) is 35.3 Å². The first-order valence-corrected chi connectivity index (χ1v) is 6.15. The van der Waals surface area contributed by atoms with E-state index >= 15 is 0 Å². The molecule has 0 aliphatic rings. The fourth-order valence-electron chi connectivity index (χ4n) is 1.64. The summed E-state index contributed by atoms with van der Waals surface area (Å²) < 4.78 is 0. The SMILES string of the molecule is NC(=O)c1cccc(Nc2c(Cl)cccc2Cl)c1N. The van der Waals surface area contributed by atoms with E-state index in [2.05, 4.69) is 5.32 Å². The number of primary amides is 1. The summed E-state index contributed by atoms with van der Waals surface area (Å²) in [6.07, 6.45) is 0. The number of amides is 1. The van der Waals surface area contributed by atoms with Crippen molar-refractivity contribution in [3.63, 3.8) is 0 Å². The van der Waals surface area contributed by atoms with Crippen molar-refractivity contribution in [2.24, 2.45) is 5.73 Å². The fourth-order valence-corrected chi connectivity index (χ4v) is 2.13. The predicted octanol–water partition coefficient (Wildman–Crippen LogP) is 3.42. The van der Waals surface area contributed by atoms with Gasteiger partial charge in [-0.25, -0.2) is 0 Å². The van der Waals surface area contributed by atoms with Gasteiger partial charge in [-0.15, -0.1) is 0 Å². The Labute approximate surface area is 120 Å². The highest BCUT2D eigenvalue weighted by Crippen LogP contribution is 2.34. The summed E-state index contributed by atoms with van der Waals surface area (Å²) in [6.45, 7) is 0. The van der Waals surface area contributed by atoms with Gasteiger partial charge in [0.15, 0.2) is 0 Å². The highest BCUT2D eigenvalue weighted by molar-refractivity contribution is 6.39. The van der Waals surface area contributed by atoms with Gasteiger partial charge in [-0.05, 0) is 24.3 Å². The number of hydrogen-bond donors (Lipinski definition) is 3. The molecule has 1 amide bonds. The van der Waals surface area contributed by atoms with Crippen LogP contribution in [-0.4, -0.2) is 5.91 Å². The molecule has 0 bridgehead atoms. The van der Waals surface area contributed by atoms with E-state index in [-0.39, 0.29) is 11.3 Å². The number of hydrogen-bond acceptors (Lipinski definition) is 3. The Bertz CT molecular complexity index is 624. The molecule has 6 heteroatoms. The Morgan fingerprint density at radius 1 is 1.05 bits per heavy atom. The zero-order valence-corrected chi connectivity index (χ0v) is 11.3. The van der Waals surface area contributed by atoms with E-state index in [0.717, 1.165) is 0 Å². The van der Waals surface area contributed by atoms with Crippen molar-refractivity contribution in [3.8, 4) is 0 Å². The Hall–Kier alpha value is -1.91. The lowest BCUT2D eigenvalue weighted by atomic mass is 10.1. The number of nitrogens with one attached hydrogen (secondary N) is 1. The molecule has 2 rings (SSSR count). The molecule has 98 valence electrons. The molecule has 0 saturated carbocycles. The molecule has 4 nitrogen and oxygen atoms in total. The number of benzene rings is 2. The minimum atomic E-state index is -0.591. The first kappa shape index (κ1) is 13.5. The van der Waals surface area contributed by atoms with Crippen LogP contribution in [0.25, 0.3) is 0 Å². The Balaban J connectivity index is 2.45. The van der Waals surface area contributed by atoms with E-state index < -0.39 is 5.91 Å². The molecule has 19 heavy (non-hydrogen) atoms. The van der Waals surface area contributed by atoms with E-state index in [1.165, 1.54) is 0 Å². The van der Waals surface area contributed by atoms with Crippen molar-refractivity contribution in [1.82, 2.24) is 0 Å². The molecule has 0 aromatic heterocycles. The summed E-state index contributed by atoms with van der Waals surface area (Å²) in [5.74, 6) is -0.591. The van der Waals surface area contributed by atoms with Crippen LogP contribution in [-0.2, 0) is 0 Å². The van der Waals surface area contributed by atoms with Gasteiger partial charge in [0.2, 0.25) is 0 Å². The first-order chi connectivity index (χ1) is 9.00. The molecular formula is C13H11Cl2N3O. The van der Waals surface area contributed by atoms with Crippen LogP contribution in [0.3, 0.4) is 0 Å². The summed E-state index contributed by atoms with van der Waals surface area (Å²) in [7, 11) is 0. The zero-order chi connectivity index (χ0) is 14.0. The molecule has 0 fully saturated rings. The van der Waals surface area contributed by atoms with Crippen LogP contribution in [0.4, 0.5) is 17.1 Å². The molecule has 0 heterocycles. The molecule has 0 unspecified atom stereocenters. The maximum Gasteiger partial charge on any atom is 0.250 e. The Kier molecular flexibility index (Phi) is 3.83. The molecule has 5 N–H and O–H groups in total. The number of anilines is 3. The van der Waals surface area contributed by atoms with Crippen molar-refractivity contribution in [2.45, 2.75) is 0 Å². The number of carbonyl (C=O) groups is 1. The third kappa shape index (κ3) is 2.75. The summed E-state index contributed by atoms with van der Waals surface area (Å²) in [5, 5.41) is 3.92. The van der Waals surface area contributed by atoms with Crippen LogP contribution < -0.4 is 16.8 Å². The van der Waals surface area contributed by atoms with Gasteiger partial charge in [0.1, 0.15) is 0 Å². The normalized spacial score (nSPS) is 10.2. The summed E-state index contributed by atoms with van der Waals surface area (Å²) >= 11 is 12.1. The Morgan fingerprint density at radius 3 is 2.21 bits per heavy atom. The predicted molar refractivity (Wildman–Crippen MR) is 79.1 cm³/mol. The first-order valence-electron chi connectivity index (χ1n) is 5.40. The van der Waals surface area contributed by atoms with Gasteiger partial charge in [0.25, 0.3) is 5.91 Å². The van der Waals surface area contributed by atoms with Crippen molar-refractivity contribution in [1.29, 1.82) is 0 Å². The smallest absolute Gasteiger partial charge is 0.250 e. The van der Waals surface area contributed by atoms with Gasteiger partial charge in [0, 0.05) is 0 Å². The summed E-state index contributed by atoms with van der Waals surface area (Å²) in [5.41, 5.74) is 12.7. The molecule has 2 aromatic carbocycles. The van der Waals surface area contributed by atoms with Crippen molar-refractivity contribution in [2.75, 3.05) is 11.1 Å². The van der Waals surface area contributed by atoms with Crippen LogP contribution in [0.15, 0.2) is 36.4 Å². The number of carbonyl (C=O) groups excluding carboxylic acids is 1. The molecular weight excluding hydrogens is 285 g/mol. The van der Waals surface area contributed by atoms with Gasteiger partial charge >= 0.3 is 0 Å². The lowest BCUT2D eigenvalue weighted by molar-refractivity contribution is 0.100. The molecule has 2 aromatic rings. The largest absolute Gasteiger partial charge is 0.396 e. The molecule has 0 aliphatic carbocycles. The maximum atomic E-state index is 11.2. The fraction of sp³-hybridized carbons (Fsp3) is 0. The number of rotatable bonds is 3. The quantitative estimate of drug-likeness (QED) is 0.759. The molecule has 0 radical (unpaired) electrons. The second-order valence-corrected chi connectivity index (χ2v) is 4.67. The number of nitrogens with two attached hydrogens (primary N) is 2. The lowest BCUT2D eigenvalue weighted by Gasteiger charge is -2.13. The van der Waals surface area contributed by atoms with Crippen LogP contribution in [0.2, 0.25) is 10.0 Å². The van der Waals surface area contributed by atoms with Crippen LogP contribution in [0.5, 0.6) is 0 Å². The minimum Gasteiger partial charge on any atom is -0.396 e. The van der Waals surface area contributed by atoms with Crippen LogP contribution in [0.1, 0.15) is 10.4 Å². The Morgan fingerprint density at radius 2 is 1.63 bits per heavy atom. The monoisotopic (exact) mass is 295 g/mol. The zero-order valence-electron chi connectivity index (χ0n) is 9.78. The van der Waals surface area contributed by atoms with Crippen LogP contribution in [0, 0.1) is 0 Å². The second kappa shape index (κ2) is 5.38. The van der Waals surface area contributed by atoms with Crippen LogP contribution >= 0.6 is 23.2 Å². The van der Waals surface area contributed by atoms with E-state index in [1.807, 2.05) is 0 Å².